The summed E-state index contributed by atoms with van der Waals surface area (Å²) in [5.41, 5.74) is 0.900. The molecule has 11 heavy (non-hydrogen) atoms. The van der Waals surface area contributed by atoms with Gasteiger partial charge < -0.3 is 5.32 Å². The Bertz CT molecular complexity index is 316. The molecule has 1 aromatic heterocycles. The normalized spacial score (nSPS) is 13.5. The van der Waals surface area contributed by atoms with E-state index in [9.17, 15) is 0 Å². The lowest BCUT2D eigenvalue weighted by molar-refractivity contribution is 1.16. The molecule has 4 heteroatoms. The number of hydrogen-bond donors (Lipinski definition) is 1. The van der Waals surface area contributed by atoms with Crippen LogP contribution in [0.15, 0.2) is 29.9 Å². The van der Waals surface area contributed by atoms with Crippen molar-refractivity contribution in [3.05, 3.63) is 30.5 Å². The lowest BCUT2D eigenvalue weighted by Gasteiger charge is -1.98. The third kappa shape index (κ3) is 1.10. The Balaban J connectivity index is 2.52. The summed E-state index contributed by atoms with van der Waals surface area (Å²) in [7, 11) is 0. The molecular formula is C7H6N4. The van der Waals surface area contributed by atoms with E-state index < -0.39 is 0 Å². The summed E-state index contributed by atoms with van der Waals surface area (Å²) < 4.78 is 0. The van der Waals surface area contributed by atoms with Gasteiger partial charge in [0.2, 0.25) is 0 Å². The zero-order valence-electron chi connectivity index (χ0n) is 5.73. The second-order valence-electron chi connectivity index (χ2n) is 2.06. The molecular weight excluding hydrogens is 140 g/mol. The molecule has 0 aliphatic carbocycles. The average Bonchev–Trinajstić information content (AvgIpc) is 2.28. The van der Waals surface area contributed by atoms with E-state index >= 15 is 0 Å². The Morgan fingerprint density at radius 1 is 1.36 bits per heavy atom. The van der Waals surface area contributed by atoms with Crippen molar-refractivity contribution in [2.24, 2.45) is 4.99 Å². The fraction of sp³-hybridized carbons (Fsp3) is 0. The molecule has 1 aliphatic heterocycles. The van der Waals surface area contributed by atoms with Crippen LogP contribution in [-0.2, 0) is 0 Å². The van der Waals surface area contributed by atoms with Crippen LogP contribution in [0.5, 0.6) is 0 Å². The van der Waals surface area contributed by atoms with Crippen molar-refractivity contribution in [1.29, 1.82) is 0 Å². The third-order valence-electron chi connectivity index (χ3n) is 1.33. The quantitative estimate of drug-likeness (QED) is 0.588. The highest BCUT2D eigenvalue weighted by Gasteiger charge is 1.99. The van der Waals surface area contributed by atoms with E-state index in [1.54, 1.807) is 24.8 Å². The molecule has 2 rings (SSSR count). The first kappa shape index (κ1) is 6.03. The van der Waals surface area contributed by atoms with Crippen LogP contribution >= 0.6 is 0 Å². The number of fused-ring (bicyclic) bond motifs is 1. The minimum Gasteiger partial charge on any atom is -0.344 e. The van der Waals surface area contributed by atoms with Gasteiger partial charge in [-0.2, -0.15) is 0 Å². The van der Waals surface area contributed by atoms with Crippen molar-refractivity contribution < 1.29 is 0 Å². The molecule has 2 heterocycles. The number of anilines is 1. The Labute approximate surface area is 63.7 Å². The fourth-order valence-corrected chi connectivity index (χ4v) is 0.838. The number of aromatic nitrogens is 2. The van der Waals surface area contributed by atoms with Gasteiger partial charge >= 0.3 is 0 Å². The Kier molecular flexibility index (Phi) is 1.37. The first-order valence-corrected chi connectivity index (χ1v) is 3.21. The van der Waals surface area contributed by atoms with Gasteiger partial charge in [-0.3, -0.25) is 4.99 Å². The largest absolute Gasteiger partial charge is 0.344 e. The van der Waals surface area contributed by atoms with Crippen LogP contribution in [0.2, 0.25) is 0 Å². The number of rotatable bonds is 0. The number of nitrogens with zero attached hydrogens (tertiary/aromatic N) is 3. The summed E-state index contributed by atoms with van der Waals surface area (Å²) in [5, 5.41) is 2.97. The van der Waals surface area contributed by atoms with Crippen LogP contribution in [0.25, 0.3) is 0 Å². The van der Waals surface area contributed by atoms with E-state index in [1.807, 2.05) is 0 Å². The van der Waals surface area contributed by atoms with E-state index in [0.717, 1.165) is 11.4 Å². The molecule has 0 saturated carbocycles. The molecule has 0 aromatic carbocycles. The maximum absolute atomic E-state index is 4.01. The molecule has 0 unspecified atom stereocenters. The fourth-order valence-electron chi connectivity index (χ4n) is 0.838. The Morgan fingerprint density at radius 3 is 3.36 bits per heavy atom. The van der Waals surface area contributed by atoms with Gasteiger partial charge in [0.15, 0.2) is 0 Å². The number of hydrogen-bond acceptors (Lipinski definition) is 4. The summed E-state index contributed by atoms with van der Waals surface area (Å²) in [6, 6.07) is 0. The van der Waals surface area contributed by atoms with Gasteiger partial charge in [-0.1, -0.05) is 0 Å². The molecule has 4 nitrogen and oxygen atoms in total. The third-order valence-corrected chi connectivity index (χ3v) is 1.33. The Morgan fingerprint density at radius 2 is 2.36 bits per heavy atom. The van der Waals surface area contributed by atoms with E-state index in [4.69, 9.17) is 0 Å². The van der Waals surface area contributed by atoms with Crippen LogP contribution in [0.4, 0.5) is 5.82 Å². The molecule has 0 radical (unpaired) electrons. The minimum atomic E-state index is 0.789. The second kappa shape index (κ2) is 2.49. The zero-order valence-corrected chi connectivity index (χ0v) is 5.73. The van der Waals surface area contributed by atoms with Gasteiger partial charge in [-0.15, -0.1) is 0 Å². The minimum absolute atomic E-state index is 0.789. The van der Waals surface area contributed by atoms with E-state index in [2.05, 4.69) is 20.3 Å². The molecule has 1 aliphatic rings. The van der Waals surface area contributed by atoms with E-state index in [-0.39, 0.29) is 0 Å². The van der Waals surface area contributed by atoms with Gasteiger partial charge in [0.25, 0.3) is 0 Å². The van der Waals surface area contributed by atoms with Crippen molar-refractivity contribution in [3.63, 3.8) is 0 Å². The van der Waals surface area contributed by atoms with Crippen molar-refractivity contribution in [2.45, 2.75) is 0 Å². The monoisotopic (exact) mass is 146 g/mol. The van der Waals surface area contributed by atoms with E-state index in [1.165, 1.54) is 6.33 Å². The van der Waals surface area contributed by atoms with Crippen LogP contribution < -0.4 is 5.32 Å². The summed E-state index contributed by atoms with van der Waals surface area (Å²) in [4.78, 5) is 11.8. The standard InChI is InChI=1S/C7H6N4/c1-2-10-7-6(3-8-1)4-9-5-11-7/h1-5H,(H,9,10,11). The van der Waals surface area contributed by atoms with Crippen molar-refractivity contribution in [2.75, 3.05) is 5.32 Å². The molecule has 54 valence electrons. The molecule has 0 bridgehead atoms. The highest BCUT2D eigenvalue weighted by molar-refractivity contribution is 5.86. The van der Waals surface area contributed by atoms with Gasteiger partial charge in [-0.05, 0) is 0 Å². The molecule has 0 spiro atoms. The van der Waals surface area contributed by atoms with Crippen LogP contribution in [-0.4, -0.2) is 16.2 Å². The van der Waals surface area contributed by atoms with Gasteiger partial charge in [0.1, 0.15) is 12.1 Å². The maximum atomic E-state index is 4.01. The predicted octanol–water partition coefficient (Wildman–Crippen LogP) is 0.792. The van der Waals surface area contributed by atoms with Crippen LogP contribution in [0, 0.1) is 0 Å². The first-order valence-electron chi connectivity index (χ1n) is 3.21. The Hall–Kier alpha value is -1.71. The highest BCUT2D eigenvalue weighted by Crippen LogP contribution is 2.08. The molecule has 1 N–H and O–H groups in total. The molecule has 0 atom stereocenters. The average molecular weight is 146 g/mol. The molecule has 1 aromatic rings. The summed E-state index contributed by atoms with van der Waals surface area (Å²) in [6.45, 7) is 0. The van der Waals surface area contributed by atoms with Crippen molar-refractivity contribution in [3.8, 4) is 0 Å². The number of aliphatic imine (C=N–C) groups is 1. The number of nitrogens with one attached hydrogen (secondary N) is 1. The second-order valence-corrected chi connectivity index (χ2v) is 2.06. The summed E-state index contributed by atoms with van der Waals surface area (Å²) >= 11 is 0. The van der Waals surface area contributed by atoms with Crippen molar-refractivity contribution >= 4 is 12.0 Å². The molecule has 0 saturated heterocycles. The maximum Gasteiger partial charge on any atom is 0.142 e. The molecule has 0 amide bonds. The SMILES string of the molecule is C1=CNc2ncncc2C=N1. The zero-order chi connectivity index (χ0) is 7.52. The van der Waals surface area contributed by atoms with E-state index in [0.29, 0.717) is 0 Å². The lowest BCUT2D eigenvalue weighted by atomic mass is 10.3. The smallest absolute Gasteiger partial charge is 0.142 e. The first-order chi connectivity index (χ1) is 5.47. The summed E-state index contributed by atoms with van der Waals surface area (Å²) in [5.74, 6) is 0.789. The highest BCUT2D eigenvalue weighted by atomic mass is 15.0. The van der Waals surface area contributed by atoms with Gasteiger partial charge in [0, 0.05) is 24.8 Å². The predicted molar refractivity (Wildman–Crippen MR) is 42.4 cm³/mol. The van der Waals surface area contributed by atoms with Crippen molar-refractivity contribution in [1.82, 2.24) is 9.97 Å². The lowest BCUT2D eigenvalue weighted by Crippen LogP contribution is -1.95. The van der Waals surface area contributed by atoms with Gasteiger partial charge in [-0.25, -0.2) is 9.97 Å². The van der Waals surface area contributed by atoms with Gasteiger partial charge in [0.05, 0.1) is 5.56 Å². The molecule has 0 fully saturated rings. The van der Waals surface area contributed by atoms with Crippen LogP contribution in [0.3, 0.4) is 0 Å². The van der Waals surface area contributed by atoms with Crippen LogP contribution in [0.1, 0.15) is 5.56 Å². The summed E-state index contributed by atoms with van der Waals surface area (Å²) in [6.07, 6.45) is 8.33. The topological polar surface area (TPSA) is 50.2 Å².